The topological polar surface area (TPSA) is 87.0 Å². The largest absolute Gasteiger partial charge is 0.260 e. The molecule has 0 aromatic carbocycles. The molecule has 0 aromatic rings. The van der Waals surface area contributed by atoms with Gasteiger partial charge in [0.05, 0.1) is 6.07 Å². The first-order valence-corrected chi connectivity index (χ1v) is 7.75. The number of hydrogen-bond acceptors (Lipinski definition) is 4. The fourth-order valence-corrected chi connectivity index (χ4v) is 3.66. The van der Waals surface area contributed by atoms with E-state index in [0.717, 1.165) is 0 Å². The number of nitrogens with one attached hydrogen (secondary N) is 1. The van der Waals surface area contributed by atoms with Crippen LogP contribution in [0.1, 0.15) is 19.8 Å². The quantitative estimate of drug-likeness (QED) is 0.747. The normalized spacial score (nSPS) is 29.3. The van der Waals surface area contributed by atoms with Crippen LogP contribution < -0.4 is 4.72 Å². The van der Waals surface area contributed by atoms with Gasteiger partial charge in [0.15, 0.2) is 5.25 Å². The minimum atomic E-state index is -3.54. The number of sulfonamides is 1. The molecular formula is C8H14N2O3S2. The van der Waals surface area contributed by atoms with Crippen molar-refractivity contribution in [1.29, 1.82) is 5.26 Å². The fraction of sp³-hybridized carbons (Fsp3) is 0.875. The predicted molar refractivity (Wildman–Crippen MR) is 58.0 cm³/mol. The second-order valence-corrected chi connectivity index (χ2v) is 7.29. The zero-order valence-electron chi connectivity index (χ0n) is 8.47. The number of hydrogen-bond donors (Lipinski definition) is 1. The van der Waals surface area contributed by atoms with Crippen molar-refractivity contribution < 1.29 is 12.6 Å². The highest BCUT2D eigenvalue weighted by Gasteiger charge is 2.26. The van der Waals surface area contributed by atoms with Crippen molar-refractivity contribution in [3.63, 3.8) is 0 Å². The van der Waals surface area contributed by atoms with Crippen molar-refractivity contribution in [2.75, 3.05) is 11.5 Å². The molecule has 1 atom stereocenters. The van der Waals surface area contributed by atoms with Gasteiger partial charge in [0.1, 0.15) is 0 Å². The van der Waals surface area contributed by atoms with Gasteiger partial charge in [-0.2, -0.15) is 5.26 Å². The molecule has 0 saturated carbocycles. The molecule has 1 fully saturated rings. The van der Waals surface area contributed by atoms with Gasteiger partial charge in [0.2, 0.25) is 10.0 Å². The van der Waals surface area contributed by atoms with Gasteiger partial charge >= 0.3 is 0 Å². The van der Waals surface area contributed by atoms with Crippen LogP contribution in [0, 0.1) is 11.3 Å². The first-order chi connectivity index (χ1) is 6.95. The van der Waals surface area contributed by atoms with E-state index in [1.807, 2.05) is 0 Å². The summed E-state index contributed by atoms with van der Waals surface area (Å²) in [7, 11) is -4.34. The molecule has 0 aromatic heterocycles. The summed E-state index contributed by atoms with van der Waals surface area (Å²) in [6.45, 7) is 1.35. The molecule has 15 heavy (non-hydrogen) atoms. The zero-order valence-corrected chi connectivity index (χ0v) is 10.1. The average Bonchev–Trinajstić information content (AvgIpc) is 2.20. The van der Waals surface area contributed by atoms with Crippen molar-refractivity contribution >= 4 is 20.8 Å². The Bertz CT molecular complexity index is 375. The van der Waals surface area contributed by atoms with E-state index in [-0.39, 0.29) is 6.04 Å². The van der Waals surface area contributed by atoms with E-state index in [0.29, 0.717) is 24.3 Å². The van der Waals surface area contributed by atoms with Gasteiger partial charge in [-0.15, -0.1) is 0 Å². The zero-order chi connectivity index (χ0) is 11.5. The maximum absolute atomic E-state index is 11.5. The van der Waals surface area contributed by atoms with Gasteiger partial charge < -0.3 is 0 Å². The summed E-state index contributed by atoms with van der Waals surface area (Å²) >= 11 is 0. The minimum absolute atomic E-state index is 0.163. The molecule has 0 aliphatic carbocycles. The molecule has 0 spiro atoms. The lowest BCUT2D eigenvalue weighted by molar-refractivity contribution is 0.519. The van der Waals surface area contributed by atoms with Gasteiger partial charge in [-0.1, -0.05) is 0 Å². The molecule has 1 saturated heterocycles. The number of nitriles is 1. The van der Waals surface area contributed by atoms with Crippen LogP contribution in [0.15, 0.2) is 0 Å². The highest BCUT2D eigenvalue weighted by atomic mass is 32.2. The van der Waals surface area contributed by atoms with Crippen molar-refractivity contribution in [1.82, 2.24) is 4.72 Å². The molecule has 1 heterocycles. The summed E-state index contributed by atoms with van der Waals surface area (Å²) in [5.74, 6) is 1.07. The van der Waals surface area contributed by atoms with Crippen molar-refractivity contribution in [2.24, 2.45) is 0 Å². The SMILES string of the molecule is CC(C#N)S(=O)(=O)NC1CCS(=O)CC1. The lowest BCUT2D eigenvalue weighted by Crippen LogP contribution is -2.42. The first kappa shape index (κ1) is 12.6. The summed E-state index contributed by atoms with van der Waals surface area (Å²) in [5.41, 5.74) is 0. The van der Waals surface area contributed by atoms with E-state index in [2.05, 4.69) is 4.72 Å². The average molecular weight is 250 g/mol. The Morgan fingerprint density at radius 1 is 1.47 bits per heavy atom. The van der Waals surface area contributed by atoms with Crippen LogP contribution in [-0.4, -0.2) is 35.4 Å². The van der Waals surface area contributed by atoms with Crippen molar-refractivity contribution in [3.05, 3.63) is 0 Å². The third-order valence-electron chi connectivity index (χ3n) is 2.37. The molecule has 1 aliphatic heterocycles. The highest BCUT2D eigenvalue weighted by molar-refractivity contribution is 7.90. The molecule has 1 aliphatic rings. The van der Waals surface area contributed by atoms with Crippen LogP contribution in [0.3, 0.4) is 0 Å². The minimum Gasteiger partial charge on any atom is -0.260 e. The summed E-state index contributed by atoms with van der Waals surface area (Å²) in [6, 6.07) is 1.53. The smallest absolute Gasteiger partial charge is 0.227 e. The molecule has 1 unspecified atom stereocenters. The van der Waals surface area contributed by atoms with Crippen LogP contribution in [0.5, 0.6) is 0 Å². The lowest BCUT2D eigenvalue weighted by atomic mass is 10.2. The molecular weight excluding hydrogens is 236 g/mol. The molecule has 0 radical (unpaired) electrons. The van der Waals surface area contributed by atoms with Crippen LogP contribution in [-0.2, 0) is 20.8 Å². The fourth-order valence-electron chi connectivity index (χ4n) is 1.32. The Labute approximate surface area is 92.4 Å². The van der Waals surface area contributed by atoms with Crippen LogP contribution in [0.25, 0.3) is 0 Å². The Balaban J connectivity index is 2.56. The first-order valence-electron chi connectivity index (χ1n) is 4.71. The van der Waals surface area contributed by atoms with Crippen LogP contribution in [0.4, 0.5) is 0 Å². The third-order valence-corrected chi connectivity index (χ3v) is 5.45. The monoisotopic (exact) mass is 250 g/mol. The second kappa shape index (κ2) is 5.05. The molecule has 1 N–H and O–H groups in total. The standard InChI is InChI=1S/C8H14N2O3S2/c1-7(6-9)15(12,13)10-8-2-4-14(11)5-3-8/h7-8,10H,2-5H2,1H3. The lowest BCUT2D eigenvalue weighted by Gasteiger charge is -2.22. The van der Waals surface area contributed by atoms with Crippen molar-refractivity contribution in [3.8, 4) is 6.07 Å². The van der Waals surface area contributed by atoms with Crippen LogP contribution in [0.2, 0.25) is 0 Å². The van der Waals surface area contributed by atoms with Gasteiger partial charge in [-0.3, -0.25) is 4.21 Å². The Kier molecular flexibility index (Phi) is 4.25. The molecule has 5 nitrogen and oxygen atoms in total. The van der Waals surface area contributed by atoms with E-state index in [1.165, 1.54) is 6.92 Å². The van der Waals surface area contributed by atoms with Gasteiger partial charge in [0, 0.05) is 28.3 Å². The molecule has 86 valence electrons. The van der Waals surface area contributed by atoms with Crippen LogP contribution >= 0.6 is 0 Å². The summed E-state index contributed by atoms with van der Waals surface area (Å²) < 4.78 is 36.5. The van der Waals surface area contributed by atoms with E-state index in [4.69, 9.17) is 5.26 Å². The number of rotatable bonds is 3. The van der Waals surface area contributed by atoms with E-state index >= 15 is 0 Å². The second-order valence-electron chi connectivity index (χ2n) is 3.56. The van der Waals surface area contributed by atoms with Gasteiger partial charge in [0.25, 0.3) is 0 Å². The van der Waals surface area contributed by atoms with E-state index < -0.39 is 26.1 Å². The van der Waals surface area contributed by atoms with E-state index in [1.54, 1.807) is 6.07 Å². The highest BCUT2D eigenvalue weighted by Crippen LogP contribution is 2.11. The van der Waals surface area contributed by atoms with E-state index in [9.17, 15) is 12.6 Å². The Morgan fingerprint density at radius 2 is 2.00 bits per heavy atom. The van der Waals surface area contributed by atoms with Gasteiger partial charge in [-0.05, 0) is 19.8 Å². The Hall–Kier alpha value is -0.450. The summed E-state index contributed by atoms with van der Waals surface area (Å²) in [6.07, 6.45) is 1.17. The Morgan fingerprint density at radius 3 is 2.47 bits per heavy atom. The third kappa shape index (κ3) is 3.55. The maximum atomic E-state index is 11.5. The molecule has 1 rings (SSSR count). The molecule has 0 amide bonds. The molecule has 0 bridgehead atoms. The molecule has 7 heteroatoms. The van der Waals surface area contributed by atoms with Crippen molar-refractivity contribution in [2.45, 2.75) is 31.1 Å². The maximum Gasteiger partial charge on any atom is 0.227 e. The predicted octanol–water partition coefficient (Wildman–Crippen LogP) is -0.271. The summed E-state index contributed by atoms with van der Waals surface area (Å²) in [4.78, 5) is 0. The summed E-state index contributed by atoms with van der Waals surface area (Å²) in [5, 5.41) is 7.49. The number of nitrogens with zero attached hydrogens (tertiary/aromatic N) is 1. The van der Waals surface area contributed by atoms with Gasteiger partial charge in [-0.25, -0.2) is 13.1 Å².